The van der Waals surface area contributed by atoms with Crippen LogP contribution in [0.15, 0.2) is 36.4 Å². The number of amides is 2. The standard InChI is InChI=1S/C14H16N4O/c19-14(18-9-7-15-8-10-18)17-13-6-5-11-3-1-2-4-12(11)16-13/h1-6,15H,7-10H2,(H,16,17,19). The van der Waals surface area contributed by atoms with Crippen molar-refractivity contribution < 1.29 is 4.79 Å². The Labute approximate surface area is 111 Å². The Bertz CT molecular complexity index is 593. The van der Waals surface area contributed by atoms with Crippen LogP contribution in [0.4, 0.5) is 10.6 Å². The van der Waals surface area contributed by atoms with Gasteiger partial charge in [0.2, 0.25) is 0 Å². The molecular formula is C14H16N4O. The maximum atomic E-state index is 12.1. The lowest BCUT2D eigenvalue weighted by atomic mass is 10.2. The lowest BCUT2D eigenvalue weighted by Crippen LogP contribution is -2.48. The first-order chi connectivity index (χ1) is 9.33. The number of piperazine rings is 1. The Balaban J connectivity index is 1.75. The number of rotatable bonds is 1. The van der Waals surface area contributed by atoms with E-state index in [-0.39, 0.29) is 6.03 Å². The summed E-state index contributed by atoms with van der Waals surface area (Å²) in [5, 5.41) is 7.14. The number of hydrogen-bond acceptors (Lipinski definition) is 3. The molecule has 5 heteroatoms. The second-order valence-electron chi connectivity index (χ2n) is 4.56. The lowest BCUT2D eigenvalue weighted by Gasteiger charge is -2.27. The highest BCUT2D eigenvalue weighted by molar-refractivity contribution is 5.90. The van der Waals surface area contributed by atoms with E-state index in [0.29, 0.717) is 5.82 Å². The Hall–Kier alpha value is -2.14. The second-order valence-corrected chi connectivity index (χ2v) is 4.56. The fourth-order valence-corrected chi connectivity index (χ4v) is 2.19. The van der Waals surface area contributed by atoms with Crippen molar-refractivity contribution in [3.05, 3.63) is 36.4 Å². The van der Waals surface area contributed by atoms with Crippen molar-refractivity contribution in [3.63, 3.8) is 0 Å². The van der Waals surface area contributed by atoms with Crippen molar-refractivity contribution in [1.29, 1.82) is 0 Å². The molecule has 1 aromatic carbocycles. The zero-order valence-electron chi connectivity index (χ0n) is 10.6. The molecule has 0 spiro atoms. The number of carbonyl (C=O) groups is 1. The van der Waals surface area contributed by atoms with Gasteiger partial charge in [0.25, 0.3) is 0 Å². The number of aromatic nitrogens is 1. The molecule has 2 amide bonds. The second kappa shape index (κ2) is 5.24. The van der Waals surface area contributed by atoms with Crippen molar-refractivity contribution in [2.75, 3.05) is 31.5 Å². The van der Waals surface area contributed by atoms with Crippen LogP contribution < -0.4 is 10.6 Å². The first kappa shape index (κ1) is 11.9. The molecule has 0 saturated carbocycles. The number of carbonyl (C=O) groups excluding carboxylic acids is 1. The number of para-hydroxylation sites is 1. The number of fused-ring (bicyclic) bond motifs is 1. The van der Waals surface area contributed by atoms with Crippen LogP contribution >= 0.6 is 0 Å². The quantitative estimate of drug-likeness (QED) is 0.816. The summed E-state index contributed by atoms with van der Waals surface area (Å²) in [4.78, 5) is 18.3. The fourth-order valence-electron chi connectivity index (χ4n) is 2.19. The maximum absolute atomic E-state index is 12.1. The van der Waals surface area contributed by atoms with Crippen molar-refractivity contribution in [2.45, 2.75) is 0 Å². The molecule has 0 aliphatic carbocycles. The molecule has 1 aliphatic rings. The molecule has 0 radical (unpaired) electrons. The molecule has 0 unspecified atom stereocenters. The number of hydrogen-bond donors (Lipinski definition) is 2. The normalized spacial score (nSPS) is 15.5. The van der Waals surface area contributed by atoms with Gasteiger partial charge in [0.15, 0.2) is 0 Å². The first-order valence-electron chi connectivity index (χ1n) is 6.45. The maximum Gasteiger partial charge on any atom is 0.323 e. The summed E-state index contributed by atoms with van der Waals surface area (Å²) in [5.74, 6) is 0.599. The molecule has 0 atom stereocenters. The third kappa shape index (κ3) is 2.66. The molecule has 98 valence electrons. The van der Waals surface area contributed by atoms with Crippen LogP contribution in [0.1, 0.15) is 0 Å². The number of nitrogens with zero attached hydrogens (tertiary/aromatic N) is 2. The van der Waals surface area contributed by atoms with Gasteiger partial charge in [0, 0.05) is 31.6 Å². The molecule has 3 rings (SSSR count). The SMILES string of the molecule is O=C(Nc1ccc2ccccc2n1)N1CCNCC1. The molecule has 2 N–H and O–H groups in total. The van der Waals surface area contributed by atoms with Crippen LogP contribution in [-0.2, 0) is 0 Å². The minimum atomic E-state index is -0.0794. The molecule has 5 nitrogen and oxygen atoms in total. The topological polar surface area (TPSA) is 57.3 Å². The molecular weight excluding hydrogens is 240 g/mol. The average Bonchev–Trinajstić information content (AvgIpc) is 2.48. The summed E-state index contributed by atoms with van der Waals surface area (Å²) in [6, 6.07) is 11.6. The molecule has 2 aromatic rings. The van der Waals surface area contributed by atoms with E-state index in [2.05, 4.69) is 15.6 Å². The van der Waals surface area contributed by atoms with Gasteiger partial charge in [-0.3, -0.25) is 5.32 Å². The number of urea groups is 1. The van der Waals surface area contributed by atoms with E-state index in [0.717, 1.165) is 37.1 Å². The van der Waals surface area contributed by atoms with E-state index in [4.69, 9.17) is 0 Å². The highest BCUT2D eigenvalue weighted by atomic mass is 16.2. The van der Waals surface area contributed by atoms with E-state index in [1.807, 2.05) is 36.4 Å². The van der Waals surface area contributed by atoms with Crippen LogP contribution in [0.2, 0.25) is 0 Å². The van der Waals surface area contributed by atoms with E-state index < -0.39 is 0 Å². The molecule has 1 fully saturated rings. The predicted octanol–water partition coefficient (Wildman–Crippen LogP) is 1.67. The van der Waals surface area contributed by atoms with Crippen LogP contribution in [0, 0.1) is 0 Å². The predicted molar refractivity (Wildman–Crippen MR) is 75.2 cm³/mol. The van der Waals surface area contributed by atoms with E-state index in [1.165, 1.54) is 0 Å². The highest BCUT2D eigenvalue weighted by Gasteiger charge is 2.16. The number of nitrogens with one attached hydrogen (secondary N) is 2. The third-order valence-electron chi connectivity index (χ3n) is 3.24. The number of anilines is 1. The van der Waals surface area contributed by atoms with Gasteiger partial charge in [-0.15, -0.1) is 0 Å². The Morgan fingerprint density at radius 3 is 2.79 bits per heavy atom. The lowest BCUT2D eigenvalue weighted by molar-refractivity contribution is 0.204. The zero-order chi connectivity index (χ0) is 13.1. The smallest absolute Gasteiger partial charge is 0.322 e. The average molecular weight is 256 g/mol. The minimum Gasteiger partial charge on any atom is -0.322 e. The van der Waals surface area contributed by atoms with Crippen LogP contribution in [0.3, 0.4) is 0 Å². The summed E-state index contributed by atoms with van der Waals surface area (Å²) in [7, 11) is 0. The van der Waals surface area contributed by atoms with E-state index in [1.54, 1.807) is 4.90 Å². The summed E-state index contributed by atoms with van der Waals surface area (Å²) < 4.78 is 0. The number of pyridine rings is 1. The van der Waals surface area contributed by atoms with Gasteiger partial charge in [0.05, 0.1) is 5.52 Å². The van der Waals surface area contributed by atoms with E-state index in [9.17, 15) is 4.79 Å². The fraction of sp³-hybridized carbons (Fsp3) is 0.286. The summed E-state index contributed by atoms with van der Waals surface area (Å²) in [6.45, 7) is 3.16. The Morgan fingerprint density at radius 1 is 1.16 bits per heavy atom. The number of benzene rings is 1. The van der Waals surface area contributed by atoms with Crippen LogP contribution in [-0.4, -0.2) is 42.1 Å². The minimum absolute atomic E-state index is 0.0794. The molecule has 0 bridgehead atoms. The molecule has 1 saturated heterocycles. The van der Waals surface area contributed by atoms with Gasteiger partial charge in [0.1, 0.15) is 5.82 Å². The van der Waals surface area contributed by atoms with Gasteiger partial charge < -0.3 is 10.2 Å². The van der Waals surface area contributed by atoms with Gasteiger partial charge in [-0.25, -0.2) is 9.78 Å². The highest BCUT2D eigenvalue weighted by Crippen LogP contribution is 2.14. The van der Waals surface area contributed by atoms with Gasteiger partial charge in [-0.2, -0.15) is 0 Å². The van der Waals surface area contributed by atoms with Crippen LogP contribution in [0.5, 0.6) is 0 Å². The van der Waals surface area contributed by atoms with Crippen molar-refractivity contribution >= 4 is 22.8 Å². The summed E-state index contributed by atoms with van der Waals surface area (Å²) in [6.07, 6.45) is 0. The molecule has 1 aliphatic heterocycles. The third-order valence-corrected chi connectivity index (χ3v) is 3.24. The van der Waals surface area contributed by atoms with Gasteiger partial charge >= 0.3 is 6.03 Å². The Morgan fingerprint density at radius 2 is 1.95 bits per heavy atom. The van der Waals surface area contributed by atoms with Crippen molar-refractivity contribution in [1.82, 2.24) is 15.2 Å². The molecule has 2 heterocycles. The molecule has 1 aromatic heterocycles. The van der Waals surface area contributed by atoms with Crippen molar-refractivity contribution in [2.24, 2.45) is 0 Å². The van der Waals surface area contributed by atoms with Gasteiger partial charge in [-0.1, -0.05) is 18.2 Å². The zero-order valence-corrected chi connectivity index (χ0v) is 10.6. The van der Waals surface area contributed by atoms with Gasteiger partial charge in [-0.05, 0) is 18.2 Å². The summed E-state index contributed by atoms with van der Waals surface area (Å²) >= 11 is 0. The molecule has 19 heavy (non-hydrogen) atoms. The van der Waals surface area contributed by atoms with Crippen molar-refractivity contribution in [3.8, 4) is 0 Å². The summed E-state index contributed by atoms with van der Waals surface area (Å²) in [5.41, 5.74) is 0.889. The van der Waals surface area contributed by atoms with E-state index >= 15 is 0 Å². The van der Waals surface area contributed by atoms with Crippen LogP contribution in [0.25, 0.3) is 10.9 Å². The largest absolute Gasteiger partial charge is 0.323 e. The monoisotopic (exact) mass is 256 g/mol. The first-order valence-corrected chi connectivity index (χ1v) is 6.45. The Kier molecular flexibility index (Phi) is 3.29.